The van der Waals surface area contributed by atoms with Crippen molar-refractivity contribution in [2.24, 2.45) is 5.73 Å². The van der Waals surface area contributed by atoms with Gasteiger partial charge in [-0.25, -0.2) is 0 Å². The van der Waals surface area contributed by atoms with Crippen LogP contribution < -0.4 is 5.73 Å². The Kier molecular flexibility index (Phi) is 2.31. The molecule has 1 unspecified atom stereocenters. The minimum absolute atomic E-state index is 0.414. The van der Waals surface area contributed by atoms with Crippen molar-refractivity contribution in [3.05, 3.63) is 24.2 Å². The minimum atomic E-state index is -0.483. The van der Waals surface area contributed by atoms with Crippen LogP contribution in [0.15, 0.2) is 22.8 Å². The van der Waals surface area contributed by atoms with Gasteiger partial charge in [0.15, 0.2) is 0 Å². The Balaban J connectivity index is 2.87. The van der Waals surface area contributed by atoms with Crippen LogP contribution in [0.5, 0.6) is 0 Å². The second-order valence-electron chi connectivity index (χ2n) is 2.62. The van der Waals surface area contributed by atoms with Crippen molar-refractivity contribution in [1.29, 1.82) is 0 Å². The molecule has 0 aromatic carbocycles. The molecule has 0 saturated heterocycles. The van der Waals surface area contributed by atoms with Crippen LogP contribution in [0, 0.1) is 0 Å². The van der Waals surface area contributed by atoms with Gasteiger partial charge in [0, 0.05) is 13.7 Å². The standard InChI is InChI=1S/C8H13NO2/c1-8(6-9,10-2)7-4-3-5-11-7/h3-5H,6,9H2,1-2H3. The zero-order valence-corrected chi connectivity index (χ0v) is 6.83. The fourth-order valence-corrected chi connectivity index (χ4v) is 0.864. The van der Waals surface area contributed by atoms with Crippen LogP contribution in [0.25, 0.3) is 0 Å². The number of rotatable bonds is 3. The van der Waals surface area contributed by atoms with E-state index in [2.05, 4.69) is 0 Å². The SMILES string of the molecule is COC(C)(CN)c1ccco1. The summed E-state index contributed by atoms with van der Waals surface area (Å²) in [5.41, 5.74) is 5.04. The number of methoxy groups -OCH3 is 1. The highest BCUT2D eigenvalue weighted by atomic mass is 16.5. The van der Waals surface area contributed by atoms with E-state index in [1.807, 2.05) is 19.1 Å². The van der Waals surface area contributed by atoms with Gasteiger partial charge in [-0.1, -0.05) is 0 Å². The van der Waals surface area contributed by atoms with Crippen molar-refractivity contribution in [3.63, 3.8) is 0 Å². The van der Waals surface area contributed by atoms with Crippen molar-refractivity contribution < 1.29 is 9.15 Å². The van der Waals surface area contributed by atoms with Crippen molar-refractivity contribution in [2.75, 3.05) is 13.7 Å². The van der Waals surface area contributed by atoms with E-state index in [9.17, 15) is 0 Å². The van der Waals surface area contributed by atoms with Crippen LogP contribution in [0.1, 0.15) is 12.7 Å². The van der Waals surface area contributed by atoms with E-state index in [-0.39, 0.29) is 0 Å². The second-order valence-corrected chi connectivity index (χ2v) is 2.62. The molecule has 1 heterocycles. The molecule has 0 amide bonds. The van der Waals surface area contributed by atoms with E-state index in [4.69, 9.17) is 14.9 Å². The van der Waals surface area contributed by atoms with Gasteiger partial charge in [0.05, 0.1) is 6.26 Å². The third-order valence-corrected chi connectivity index (χ3v) is 1.88. The first-order valence-electron chi connectivity index (χ1n) is 3.52. The molecule has 0 aliphatic rings. The monoisotopic (exact) mass is 155 g/mol. The van der Waals surface area contributed by atoms with E-state index >= 15 is 0 Å². The predicted molar refractivity (Wildman–Crippen MR) is 42.1 cm³/mol. The van der Waals surface area contributed by atoms with Gasteiger partial charge in [-0.3, -0.25) is 0 Å². The fraction of sp³-hybridized carbons (Fsp3) is 0.500. The number of ether oxygens (including phenoxy) is 1. The van der Waals surface area contributed by atoms with E-state index in [0.717, 1.165) is 5.76 Å². The number of hydrogen-bond acceptors (Lipinski definition) is 3. The van der Waals surface area contributed by atoms with Crippen LogP contribution in [0.2, 0.25) is 0 Å². The molecule has 0 saturated carbocycles. The van der Waals surface area contributed by atoms with Gasteiger partial charge in [-0.05, 0) is 19.1 Å². The smallest absolute Gasteiger partial charge is 0.136 e. The Morgan fingerprint density at radius 1 is 1.73 bits per heavy atom. The maximum Gasteiger partial charge on any atom is 0.136 e. The van der Waals surface area contributed by atoms with Crippen molar-refractivity contribution in [1.82, 2.24) is 0 Å². The molecule has 0 fully saturated rings. The summed E-state index contributed by atoms with van der Waals surface area (Å²) in [6, 6.07) is 3.68. The van der Waals surface area contributed by atoms with Crippen LogP contribution in [0.4, 0.5) is 0 Å². The molecular formula is C8H13NO2. The lowest BCUT2D eigenvalue weighted by molar-refractivity contribution is -0.00779. The largest absolute Gasteiger partial charge is 0.466 e. The van der Waals surface area contributed by atoms with Crippen molar-refractivity contribution >= 4 is 0 Å². The van der Waals surface area contributed by atoms with E-state index in [1.165, 1.54) is 0 Å². The van der Waals surface area contributed by atoms with Crippen LogP contribution in [-0.2, 0) is 10.3 Å². The average molecular weight is 155 g/mol. The highest BCUT2D eigenvalue weighted by molar-refractivity contribution is 5.08. The van der Waals surface area contributed by atoms with E-state index in [1.54, 1.807) is 13.4 Å². The van der Waals surface area contributed by atoms with Gasteiger partial charge in [-0.15, -0.1) is 0 Å². The summed E-state index contributed by atoms with van der Waals surface area (Å²) >= 11 is 0. The zero-order valence-electron chi connectivity index (χ0n) is 6.83. The molecule has 3 nitrogen and oxygen atoms in total. The lowest BCUT2D eigenvalue weighted by Gasteiger charge is -2.23. The first kappa shape index (κ1) is 8.30. The number of furan rings is 1. The molecule has 0 aliphatic carbocycles. The molecule has 1 aromatic rings. The van der Waals surface area contributed by atoms with Crippen LogP contribution in [-0.4, -0.2) is 13.7 Å². The molecular weight excluding hydrogens is 142 g/mol. The summed E-state index contributed by atoms with van der Waals surface area (Å²) in [5, 5.41) is 0. The molecule has 0 bridgehead atoms. The summed E-state index contributed by atoms with van der Waals surface area (Å²) in [6.45, 7) is 2.31. The summed E-state index contributed by atoms with van der Waals surface area (Å²) < 4.78 is 10.4. The van der Waals surface area contributed by atoms with Gasteiger partial charge in [-0.2, -0.15) is 0 Å². The Labute approximate surface area is 66.1 Å². The molecule has 62 valence electrons. The van der Waals surface area contributed by atoms with Crippen LogP contribution >= 0.6 is 0 Å². The Morgan fingerprint density at radius 3 is 2.82 bits per heavy atom. The third kappa shape index (κ3) is 1.44. The number of hydrogen-bond donors (Lipinski definition) is 1. The Bertz CT molecular complexity index is 202. The predicted octanol–water partition coefficient (Wildman–Crippen LogP) is 1.10. The average Bonchev–Trinajstić information content (AvgIpc) is 2.55. The third-order valence-electron chi connectivity index (χ3n) is 1.88. The topological polar surface area (TPSA) is 48.4 Å². The molecule has 3 heteroatoms. The Morgan fingerprint density at radius 2 is 2.45 bits per heavy atom. The minimum Gasteiger partial charge on any atom is -0.466 e. The van der Waals surface area contributed by atoms with E-state index < -0.39 is 5.60 Å². The molecule has 1 aromatic heterocycles. The molecule has 1 rings (SSSR count). The molecule has 2 N–H and O–H groups in total. The molecule has 0 radical (unpaired) electrons. The summed E-state index contributed by atoms with van der Waals surface area (Å²) in [7, 11) is 1.62. The normalized spacial score (nSPS) is 16.3. The molecule has 0 aliphatic heterocycles. The fourth-order valence-electron chi connectivity index (χ4n) is 0.864. The quantitative estimate of drug-likeness (QED) is 0.711. The van der Waals surface area contributed by atoms with Gasteiger partial charge in [0.1, 0.15) is 11.4 Å². The van der Waals surface area contributed by atoms with Crippen molar-refractivity contribution in [3.8, 4) is 0 Å². The Hall–Kier alpha value is -0.800. The first-order chi connectivity index (χ1) is 5.23. The maximum absolute atomic E-state index is 5.52. The highest BCUT2D eigenvalue weighted by Gasteiger charge is 2.26. The molecule has 0 spiro atoms. The zero-order chi connectivity index (χ0) is 8.32. The van der Waals surface area contributed by atoms with Gasteiger partial charge >= 0.3 is 0 Å². The summed E-state index contributed by atoms with van der Waals surface area (Å²) in [5.74, 6) is 0.766. The van der Waals surface area contributed by atoms with Crippen LogP contribution in [0.3, 0.4) is 0 Å². The lowest BCUT2D eigenvalue weighted by Crippen LogP contribution is -2.33. The lowest BCUT2D eigenvalue weighted by atomic mass is 10.0. The number of nitrogens with two attached hydrogens (primary N) is 1. The maximum atomic E-state index is 5.52. The van der Waals surface area contributed by atoms with Gasteiger partial charge < -0.3 is 14.9 Å². The first-order valence-corrected chi connectivity index (χ1v) is 3.52. The second kappa shape index (κ2) is 3.07. The van der Waals surface area contributed by atoms with Gasteiger partial charge in [0.2, 0.25) is 0 Å². The summed E-state index contributed by atoms with van der Waals surface area (Å²) in [6.07, 6.45) is 1.61. The van der Waals surface area contributed by atoms with Gasteiger partial charge in [0.25, 0.3) is 0 Å². The molecule has 1 atom stereocenters. The highest BCUT2D eigenvalue weighted by Crippen LogP contribution is 2.22. The summed E-state index contributed by atoms with van der Waals surface area (Å²) in [4.78, 5) is 0. The van der Waals surface area contributed by atoms with Crippen molar-refractivity contribution in [2.45, 2.75) is 12.5 Å². The van der Waals surface area contributed by atoms with E-state index in [0.29, 0.717) is 6.54 Å². The molecule has 11 heavy (non-hydrogen) atoms.